The van der Waals surface area contributed by atoms with Crippen LogP contribution in [0.4, 0.5) is 0 Å². The van der Waals surface area contributed by atoms with Crippen LogP contribution in [0.3, 0.4) is 0 Å². The molecule has 1 saturated carbocycles. The topological polar surface area (TPSA) is 74.6 Å². The molecule has 0 aromatic carbocycles. The van der Waals surface area contributed by atoms with Crippen LogP contribution >= 0.6 is 19.0 Å². The molecule has 4 nitrogen and oxygen atoms in total. The Labute approximate surface area is 125 Å². The van der Waals surface area contributed by atoms with E-state index in [1.165, 1.54) is 6.42 Å². The minimum Gasteiger partial charge on any atom is -0.478 e. The number of carboxylic acid groups (broad SMARTS) is 1. The molecule has 0 spiro atoms. The molecule has 0 bridgehead atoms. The molecule has 0 aliphatic heterocycles. The fourth-order valence-corrected chi connectivity index (χ4v) is 4.41. The van der Waals surface area contributed by atoms with E-state index in [1.54, 1.807) is 6.08 Å². The summed E-state index contributed by atoms with van der Waals surface area (Å²) in [6.07, 6.45) is 8.28. The Morgan fingerprint density at radius 3 is 2.45 bits per heavy atom. The van der Waals surface area contributed by atoms with E-state index in [1.807, 2.05) is 0 Å². The van der Waals surface area contributed by atoms with E-state index in [-0.39, 0.29) is 23.8 Å². The summed E-state index contributed by atoms with van der Waals surface area (Å²) < 4.78 is 12.1. The molecular weight excluding hydrogens is 299 g/mol. The summed E-state index contributed by atoms with van der Waals surface area (Å²) in [7, 11) is -3.41. The van der Waals surface area contributed by atoms with Gasteiger partial charge in [0.05, 0.1) is 6.16 Å². The van der Waals surface area contributed by atoms with Crippen LogP contribution in [0, 0.1) is 5.92 Å². The third kappa shape index (κ3) is 6.92. The van der Waals surface area contributed by atoms with Crippen molar-refractivity contribution in [1.29, 1.82) is 0 Å². The molecule has 6 heteroatoms. The Morgan fingerprint density at radius 2 is 1.90 bits per heavy atom. The third-order valence-corrected chi connectivity index (χ3v) is 5.79. The molecule has 1 aliphatic carbocycles. The summed E-state index contributed by atoms with van der Waals surface area (Å²) in [5.41, 5.74) is 0.105. The average molecular weight is 323 g/mol. The van der Waals surface area contributed by atoms with Crippen LogP contribution in [-0.4, -0.2) is 34.2 Å². The number of halogens is 1. The first-order chi connectivity index (χ1) is 9.44. The third-order valence-electron chi connectivity index (χ3n) is 3.67. The predicted octanol–water partition coefficient (Wildman–Crippen LogP) is 3.87. The number of rotatable bonds is 8. The van der Waals surface area contributed by atoms with Gasteiger partial charge in [-0.1, -0.05) is 25.3 Å². The number of unbranched alkanes of at least 4 members (excludes halogenated alkanes) is 1. The maximum atomic E-state index is 12.1. The van der Waals surface area contributed by atoms with Crippen molar-refractivity contribution in [2.45, 2.75) is 44.9 Å². The number of allylic oxidation sites excluding steroid dienone is 1. The number of alkyl halides is 1. The summed E-state index contributed by atoms with van der Waals surface area (Å²) >= 11 is 5.54. The van der Waals surface area contributed by atoms with Crippen molar-refractivity contribution in [2.24, 2.45) is 5.92 Å². The summed E-state index contributed by atoms with van der Waals surface area (Å²) in [4.78, 5) is 21.2. The van der Waals surface area contributed by atoms with Crippen LogP contribution in [0.5, 0.6) is 0 Å². The summed E-state index contributed by atoms with van der Waals surface area (Å²) in [5.74, 6) is -0.358. The molecule has 2 N–H and O–H groups in total. The van der Waals surface area contributed by atoms with E-state index in [9.17, 15) is 19.4 Å². The highest BCUT2D eigenvalue weighted by molar-refractivity contribution is 7.58. The lowest BCUT2D eigenvalue weighted by Gasteiger charge is -2.19. The van der Waals surface area contributed by atoms with Crippen molar-refractivity contribution >= 4 is 24.9 Å². The van der Waals surface area contributed by atoms with Gasteiger partial charge in [-0.3, -0.25) is 4.57 Å². The lowest BCUT2D eigenvalue weighted by Crippen LogP contribution is -2.12. The van der Waals surface area contributed by atoms with Crippen molar-refractivity contribution in [3.63, 3.8) is 0 Å². The maximum absolute atomic E-state index is 12.1. The molecule has 0 radical (unpaired) electrons. The molecule has 1 rings (SSSR count). The van der Waals surface area contributed by atoms with Gasteiger partial charge in [0.25, 0.3) is 0 Å². The lowest BCUT2D eigenvalue weighted by molar-refractivity contribution is -0.132. The quantitative estimate of drug-likeness (QED) is 0.308. The Kier molecular flexibility index (Phi) is 7.86. The van der Waals surface area contributed by atoms with Gasteiger partial charge in [-0.25, -0.2) is 4.79 Å². The van der Waals surface area contributed by atoms with Crippen LogP contribution < -0.4 is 0 Å². The molecule has 0 aromatic rings. The standard InChI is InChI=1S/C14H24ClO4P/c15-8-4-5-9-20(18,19)11-13(14(16)17)10-12-6-2-1-3-7-12/h10,12H,1-9,11H2,(H,16,17)(H,18,19). The first-order valence-corrected chi connectivity index (χ1v) is 9.82. The Balaban J connectivity index is 2.63. The monoisotopic (exact) mass is 322 g/mol. The number of carboxylic acids is 1. The molecule has 1 fully saturated rings. The van der Waals surface area contributed by atoms with Crippen LogP contribution in [0.1, 0.15) is 44.9 Å². The van der Waals surface area contributed by atoms with Gasteiger partial charge in [-0.15, -0.1) is 11.6 Å². The van der Waals surface area contributed by atoms with Crippen molar-refractivity contribution in [3.05, 3.63) is 11.6 Å². The zero-order valence-corrected chi connectivity index (χ0v) is 13.4. The number of carbonyl (C=O) groups is 1. The second-order valence-electron chi connectivity index (χ2n) is 5.52. The van der Waals surface area contributed by atoms with Crippen LogP contribution in [-0.2, 0) is 9.36 Å². The highest BCUT2D eigenvalue weighted by Crippen LogP contribution is 2.43. The number of hydrogen-bond donors (Lipinski definition) is 2. The maximum Gasteiger partial charge on any atom is 0.331 e. The smallest absolute Gasteiger partial charge is 0.331 e. The second kappa shape index (κ2) is 8.86. The SMILES string of the molecule is O=C(O)C(=CC1CCCCC1)CP(=O)(O)CCCCCl. The summed E-state index contributed by atoms with van der Waals surface area (Å²) in [6, 6.07) is 0. The van der Waals surface area contributed by atoms with E-state index in [4.69, 9.17) is 11.6 Å². The molecule has 0 heterocycles. The highest BCUT2D eigenvalue weighted by Gasteiger charge is 2.24. The first kappa shape index (κ1) is 17.7. The molecule has 0 aromatic heterocycles. The highest BCUT2D eigenvalue weighted by atomic mass is 35.5. The van der Waals surface area contributed by atoms with Gasteiger partial charge in [0.1, 0.15) is 0 Å². The van der Waals surface area contributed by atoms with E-state index < -0.39 is 13.3 Å². The van der Waals surface area contributed by atoms with E-state index in [0.717, 1.165) is 25.7 Å². The fourth-order valence-electron chi connectivity index (χ4n) is 2.58. The van der Waals surface area contributed by atoms with Gasteiger partial charge in [0.15, 0.2) is 0 Å². The number of hydrogen-bond acceptors (Lipinski definition) is 2. The van der Waals surface area contributed by atoms with Gasteiger partial charge in [-0.2, -0.15) is 0 Å². The molecule has 116 valence electrons. The van der Waals surface area contributed by atoms with Gasteiger partial charge in [0, 0.05) is 17.6 Å². The first-order valence-electron chi connectivity index (χ1n) is 7.25. The normalized spacial score (nSPS) is 20.6. The average Bonchev–Trinajstić information content (AvgIpc) is 2.39. The molecule has 1 atom stereocenters. The molecule has 1 aliphatic rings. The summed E-state index contributed by atoms with van der Waals surface area (Å²) in [6.45, 7) is 0. The Bertz CT molecular complexity index is 389. The van der Waals surface area contributed by atoms with E-state index in [0.29, 0.717) is 18.7 Å². The van der Waals surface area contributed by atoms with Crippen LogP contribution in [0.15, 0.2) is 11.6 Å². The number of aliphatic carboxylic acids is 1. The van der Waals surface area contributed by atoms with Gasteiger partial charge >= 0.3 is 5.97 Å². The zero-order valence-electron chi connectivity index (χ0n) is 11.8. The van der Waals surface area contributed by atoms with Gasteiger partial charge in [0.2, 0.25) is 7.37 Å². The largest absolute Gasteiger partial charge is 0.478 e. The fraction of sp³-hybridized carbons (Fsp3) is 0.786. The van der Waals surface area contributed by atoms with Crippen LogP contribution in [0.25, 0.3) is 0 Å². The summed E-state index contributed by atoms with van der Waals surface area (Å²) in [5, 5.41) is 9.22. The Morgan fingerprint density at radius 1 is 1.25 bits per heavy atom. The van der Waals surface area contributed by atoms with E-state index in [2.05, 4.69) is 0 Å². The van der Waals surface area contributed by atoms with Crippen molar-refractivity contribution in [2.75, 3.05) is 18.2 Å². The zero-order chi connectivity index (χ0) is 15.0. The predicted molar refractivity (Wildman–Crippen MR) is 81.8 cm³/mol. The van der Waals surface area contributed by atoms with Crippen LogP contribution in [0.2, 0.25) is 0 Å². The van der Waals surface area contributed by atoms with Crippen molar-refractivity contribution in [3.8, 4) is 0 Å². The minimum absolute atomic E-state index is 0.105. The molecule has 20 heavy (non-hydrogen) atoms. The molecule has 1 unspecified atom stereocenters. The van der Waals surface area contributed by atoms with Crippen molar-refractivity contribution in [1.82, 2.24) is 0 Å². The lowest BCUT2D eigenvalue weighted by atomic mass is 9.88. The van der Waals surface area contributed by atoms with Crippen molar-refractivity contribution < 1.29 is 19.4 Å². The second-order valence-corrected chi connectivity index (χ2v) is 8.35. The molecule has 0 amide bonds. The minimum atomic E-state index is -3.41. The molecule has 0 saturated heterocycles. The van der Waals surface area contributed by atoms with Gasteiger partial charge < -0.3 is 10.00 Å². The van der Waals surface area contributed by atoms with E-state index >= 15 is 0 Å². The Hall–Kier alpha value is -0.310. The van der Waals surface area contributed by atoms with Gasteiger partial charge in [-0.05, 0) is 31.6 Å². The molecular formula is C14H24ClO4P.